The molecular formula is C14H18N2O3. The van der Waals surface area contributed by atoms with Crippen molar-refractivity contribution in [3.63, 3.8) is 0 Å². The van der Waals surface area contributed by atoms with Crippen LogP contribution in [-0.2, 0) is 4.79 Å². The third-order valence-electron chi connectivity index (χ3n) is 3.74. The highest BCUT2D eigenvalue weighted by Crippen LogP contribution is 2.29. The molecule has 5 heteroatoms. The van der Waals surface area contributed by atoms with Gasteiger partial charge in [-0.15, -0.1) is 0 Å². The van der Waals surface area contributed by atoms with Crippen molar-refractivity contribution in [2.24, 2.45) is 0 Å². The number of carboxylic acids is 1. The molecule has 0 radical (unpaired) electrons. The Morgan fingerprint density at radius 3 is 2.79 bits per heavy atom. The molecule has 2 heterocycles. The standard InChI is InChI=1S/C14H18N2O3/c1-10-9-11(5-7-15-10)12(17)16-8-4-3-6-14(16,2)13(18)19/h5,7,9H,3-4,6,8H2,1-2H3,(H,18,19). The summed E-state index contributed by atoms with van der Waals surface area (Å²) < 4.78 is 0. The Kier molecular flexibility index (Phi) is 3.55. The summed E-state index contributed by atoms with van der Waals surface area (Å²) >= 11 is 0. The zero-order valence-corrected chi connectivity index (χ0v) is 11.2. The first-order chi connectivity index (χ1) is 8.95. The molecule has 1 aromatic heterocycles. The van der Waals surface area contributed by atoms with Crippen molar-refractivity contribution in [1.29, 1.82) is 0 Å². The summed E-state index contributed by atoms with van der Waals surface area (Å²) in [7, 11) is 0. The molecule has 1 amide bonds. The number of carbonyl (C=O) groups is 2. The molecule has 5 nitrogen and oxygen atoms in total. The fourth-order valence-corrected chi connectivity index (χ4v) is 2.50. The van der Waals surface area contributed by atoms with E-state index in [1.165, 1.54) is 4.90 Å². The van der Waals surface area contributed by atoms with E-state index in [2.05, 4.69) is 4.98 Å². The van der Waals surface area contributed by atoms with E-state index in [9.17, 15) is 14.7 Å². The van der Waals surface area contributed by atoms with Crippen molar-refractivity contribution >= 4 is 11.9 Å². The van der Waals surface area contributed by atoms with Crippen LogP contribution in [0.1, 0.15) is 42.2 Å². The summed E-state index contributed by atoms with van der Waals surface area (Å²) in [6, 6.07) is 3.32. The number of hydrogen-bond donors (Lipinski definition) is 1. The number of carbonyl (C=O) groups excluding carboxylic acids is 1. The van der Waals surface area contributed by atoms with E-state index in [1.807, 2.05) is 6.92 Å². The van der Waals surface area contributed by atoms with E-state index in [-0.39, 0.29) is 5.91 Å². The second-order valence-corrected chi connectivity index (χ2v) is 5.18. The minimum atomic E-state index is -1.10. The van der Waals surface area contributed by atoms with Crippen LogP contribution >= 0.6 is 0 Å². The maximum atomic E-state index is 12.5. The molecule has 1 saturated heterocycles. The van der Waals surface area contributed by atoms with Gasteiger partial charge in [0.05, 0.1) is 0 Å². The highest BCUT2D eigenvalue weighted by molar-refractivity contribution is 5.97. The van der Waals surface area contributed by atoms with Gasteiger partial charge in [0.1, 0.15) is 5.54 Å². The van der Waals surface area contributed by atoms with Gasteiger partial charge in [0, 0.05) is 24.0 Å². The summed E-state index contributed by atoms with van der Waals surface area (Å²) in [5, 5.41) is 9.41. The fourth-order valence-electron chi connectivity index (χ4n) is 2.50. The van der Waals surface area contributed by atoms with E-state index in [4.69, 9.17) is 0 Å². The SMILES string of the molecule is Cc1cc(C(=O)N2CCCCC2(C)C(=O)O)ccn1. The zero-order chi connectivity index (χ0) is 14.0. The van der Waals surface area contributed by atoms with Gasteiger partial charge in [-0.05, 0) is 45.2 Å². The minimum absolute atomic E-state index is 0.227. The van der Waals surface area contributed by atoms with Gasteiger partial charge in [-0.3, -0.25) is 9.78 Å². The molecule has 0 aromatic carbocycles. The van der Waals surface area contributed by atoms with Gasteiger partial charge >= 0.3 is 5.97 Å². The smallest absolute Gasteiger partial charge is 0.329 e. The highest BCUT2D eigenvalue weighted by Gasteiger charge is 2.44. The number of carboxylic acid groups (broad SMARTS) is 1. The Balaban J connectivity index is 2.33. The number of aliphatic carboxylic acids is 1. The lowest BCUT2D eigenvalue weighted by atomic mass is 9.88. The molecule has 1 aliphatic rings. The lowest BCUT2D eigenvalue weighted by Crippen LogP contribution is -2.57. The predicted molar refractivity (Wildman–Crippen MR) is 69.9 cm³/mol. The largest absolute Gasteiger partial charge is 0.480 e. The fraction of sp³-hybridized carbons (Fsp3) is 0.500. The average Bonchev–Trinajstić information content (AvgIpc) is 2.38. The van der Waals surface area contributed by atoms with Crippen LogP contribution < -0.4 is 0 Å². The minimum Gasteiger partial charge on any atom is -0.480 e. The number of amides is 1. The van der Waals surface area contributed by atoms with E-state index in [0.29, 0.717) is 18.5 Å². The first-order valence-corrected chi connectivity index (χ1v) is 6.43. The lowest BCUT2D eigenvalue weighted by molar-refractivity contribution is -0.150. The third kappa shape index (κ3) is 2.45. The first-order valence-electron chi connectivity index (χ1n) is 6.43. The van der Waals surface area contributed by atoms with Crippen LogP contribution in [0.25, 0.3) is 0 Å². The average molecular weight is 262 g/mol. The van der Waals surface area contributed by atoms with Crippen molar-refractivity contribution in [3.05, 3.63) is 29.6 Å². The summed E-state index contributed by atoms with van der Waals surface area (Å²) in [6.45, 7) is 3.92. The van der Waals surface area contributed by atoms with Crippen LogP contribution in [0.5, 0.6) is 0 Å². The predicted octanol–water partition coefficient (Wildman–Crippen LogP) is 1.86. The van der Waals surface area contributed by atoms with Crippen molar-refractivity contribution in [1.82, 2.24) is 9.88 Å². The van der Waals surface area contributed by atoms with Crippen LogP contribution in [0.4, 0.5) is 0 Å². The number of aromatic nitrogens is 1. The van der Waals surface area contributed by atoms with Crippen molar-refractivity contribution in [3.8, 4) is 0 Å². The van der Waals surface area contributed by atoms with Crippen LogP contribution in [0.15, 0.2) is 18.3 Å². The van der Waals surface area contributed by atoms with Crippen LogP contribution in [0.2, 0.25) is 0 Å². The molecule has 0 bridgehead atoms. The monoisotopic (exact) mass is 262 g/mol. The number of nitrogens with zero attached hydrogens (tertiary/aromatic N) is 2. The number of aryl methyl sites for hydroxylation is 1. The Labute approximate surface area is 112 Å². The molecular weight excluding hydrogens is 244 g/mol. The van der Waals surface area contributed by atoms with Gasteiger partial charge in [0.25, 0.3) is 5.91 Å². The molecule has 2 rings (SSSR count). The Morgan fingerprint density at radius 1 is 1.42 bits per heavy atom. The van der Waals surface area contributed by atoms with E-state index in [1.54, 1.807) is 25.3 Å². The molecule has 0 aliphatic carbocycles. The molecule has 1 atom stereocenters. The third-order valence-corrected chi connectivity index (χ3v) is 3.74. The second-order valence-electron chi connectivity index (χ2n) is 5.18. The Hall–Kier alpha value is -1.91. The second kappa shape index (κ2) is 4.99. The number of rotatable bonds is 2. The van der Waals surface area contributed by atoms with Gasteiger partial charge in [-0.1, -0.05) is 0 Å². The number of pyridine rings is 1. The molecule has 1 fully saturated rings. The molecule has 1 N–H and O–H groups in total. The van der Waals surface area contributed by atoms with E-state index in [0.717, 1.165) is 18.5 Å². The van der Waals surface area contributed by atoms with Crippen LogP contribution in [0, 0.1) is 6.92 Å². The summed E-state index contributed by atoms with van der Waals surface area (Å²) in [5.74, 6) is -1.17. The molecule has 1 aliphatic heterocycles. The summed E-state index contributed by atoms with van der Waals surface area (Å²) in [4.78, 5) is 29.5. The lowest BCUT2D eigenvalue weighted by Gasteiger charge is -2.41. The maximum absolute atomic E-state index is 12.5. The Morgan fingerprint density at radius 2 is 2.16 bits per heavy atom. The van der Waals surface area contributed by atoms with Crippen LogP contribution in [0.3, 0.4) is 0 Å². The van der Waals surface area contributed by atoms with E-state index >= 15 is 0 Å². The zero-order valence-electron chi connectivity index (χ0n) is 11.2. The first kappa shape index (κ1) is 13.5. The maximum Gasteiger partial charge on any atom is 0.329 e. The molecule has 0 saturated carbocycles. The molecule has 19 heavy (non-hydrogen) atoms. The Bertz CT molecular complexity index is 515. The summed E-state index contributed by atoms with van der Waals surface area (Å²) in [5.41, 5.74) is 0.147. The van der Waals surface area contributed by atoms with Crippen molar-refractivity contribution in [2.45, 2.75) is 38.6 Å². The quantitative estimate of drug-likeness (QED) is 0.883. The van der Waals surface area contributed by atoms with E-state index < -0.39 is 11.5 Å². The van der Waals surface area contributed by atoms with Gasteiger partial charge in [-0.2, -0.15) is 0 Å². The topological polar surface area (TPSA) is 70.5 Å². The van der Waals surface area contributed by atoms with Gasteiger partial charge in [0.2, 0.25) is 0 Å². The summed E-state index contributed by atoms with van der Waals surface area (Å²) in [6.07, 6.45) is 3.75. The normalized spacial score (nSPS) is 23.2. The highest BCUT2D eigenvalue weighted by atomic mass is 16.4. The van der Waals surface area contributed by atoms with Crippen LogP contribution in [-0.4, -0.2) is 39.0 Å². The number of piperidine rings is 1. The molecule has 102 valence electrons. The number of hydrogen-bond acceptors (Lipinski definition) is 3. The van der Waals surface area contributed by atoms with Gasteiger partial charge in [0.15, 0.2) is 0 Å². The molecule has 1 aromatic rings. The van der Waals surface area contributed by atoms with Crippen molar-refractivity contribution < 1.29 is 14.7 Å². The molecule has 1 unspecified atom stereocenters. The number of likely N-dealkylation sites (tertiary alicyclic amines) is 1. The van der Waals surface area contributed by atoms with Crippen molar-refractivity contribution in [2.75, 3.05) is 6.54 Å². The van der Waals surface area contributed by atoms with Gasteiger partial charge in [-0.25, -0.2) is 4.79 Å². The van der Waals surface area contributed by atoms with Gasteiger partial charge < -0.3 is 10.0 Å². The molecule has 0 spiro atoms.